The van der Waals surface area contributed by atoms with E-state index < -0.39 is 26.3 Å². The molecule has 36 heavy (non-hydrogen) atoms. The second-order valence-electron chi connectivity index (χ2n) is 10.5. The zero-order valence-corrected chi connectivity index (χ0v) is 22.7. The van der Waals surface area contributed by atoms with Gasteiger partial charge in [-0.2, -0.15) is 17.4 Å². The van der Waals surface area contributed by atoms with Crippen LogP contribution < -0.4 is 4.72 Å². The minimum absolute atomic E-state index is 0.0379. The van der Waals surface area contributed by atoms with E-state index in [-0.39, 0.29) is 31.0 Å². The Morgan fingerprint density at radius 1 is 1.19 bits per heavy atom. The fourth-order valence-corrected chi connectivity index (χ4v) is 7.01. The highest BCUT2D eigenvalue weighted by atomic mass is 32.3. The van der Waals surface area contributed by atoms with Gasteiger partial charge in [-0.3, -0.25) is 4.40 Å². The minimum Gasteiger partial charge on any atom is -0.447 e. The Morgan fingerprint density at radius 2 is 2.00 bits per heavy atom. The average molecular weight is 539 g/mol. The van der Waals surface area contributed by atoms with Crippen LogP contribution in [-0.2, 0) is 26.4 Å². The van der Waals surface area contributed by atoms with Gasteiger partial charge >= 0.3 is 16.3 Å². The third-order valence-corrected chi connectivity index (χ3v) is 9.87. The van der Waals surface area contributed by atoms with Crippen molar-refractivity contribution in [2.45, 2.75) is 38.5 Å². The molecule has 11 nitrogen and oxygen atoms in total. The molecule has 1 saturated carbocycles. The van der Waals surface area contributed by atoms with Gasteiger partial charge in [0.05, 0.1) is 24.9 Å². The first-order chi connectivity index (χ1) is 17.0. The number of nitrogens with one attached hydrogen (secondary N) is 1. The summed E-state index contributed by atoms with van der Waals surface area (Å²) in [5, 5.41) is 0. The molecule has 0 aromatic carbocycles. The molecule has 0 radical (unpaired) electrons. The lowest BCUT2D eigenvalue weighted by molar-refractivity contribution is 0.0923. The molecule has 2 unspecified atom stereocenters. The quantitative estimate of drug-likeness (QED) is 0.416. The maximum atomic E-state index is 12.7. The zero-order chi connectivity index (χ0) is 25.7. The molecule has 1 saturated heterocycles. The molecule has 1 N–H and O–H groups in total. The van der Waals surface area contributed by atoms with Gasteiger partial charge in [0.1, 0.15) is 13.3 Å². The topological polar surface area (TPSA) is 120 Å². The minimum atomic E-state index is -3.94. The maximum absolute atomic E-state index is 12.7. The number of rotatable bonds is 9. The molecule has 198 valence electrons. The molecule has 4 heterocycles. The SMILES string of the molecule is CC1C[C@H](NS(=O)(=O)N2CCOC2=O)CC1c1cnc2cnc3c(ccn3COCCS(C)(C)C)n12. The first-order valence-electron chi connectivity index (χ1n) is 12.1. The number of hydrogen-bond acceptors (Lipinski definition) is 7. The molecular formula is C23H34N6O5S2. The summed E-state index contributed by atoms with van der Waals surface area (Å²) in [7, 11) is -4.55. The van der Waals surface area contributed by atoms with Crippen molar-refractivity contribution in [1.82, 2.24) is 28.0 Å². The smallest absolute Gasteiger partial charge is 0.424 e. The molecule has 1 aliphatic heterocycles. The number of aromatic nitrogens is 4. The largest absolute Gasteiger partial charge is 0.447 e. The van der Waals surface area contributed by atoms with Crippen LogP contribution in [0.3, 0.4) is 0 Å². The summed E-state index contributed by atoms with van der Waals surface area (Å²) in [5.41, 5.74) is 3.55. The summed E-state index contributed by atoms with van der Waals surface area (Å²) in [5.74, 6) is 1.37. The van der Waals surface area contributed by atoms with Crippen LogP contribution in [0.15, 0.2) is 24.7 Å². The number of imidazole rings is 1. The lowest BCUT2D eigenvalue weighted by atomic mass is 9.95. The van der Waals surface area contributed by atoms with Gasteiger partial charge in [-0.1, -0.05) is 6.92 Å². The fourth-order valence-electron chi connectivity index (χ4n) is 5.09. The van der Waals surface area contributed by atoms with Crippen LogP contribution in [-0.4, -0.2) is 88.1 Å². The third kappa shape index (κ3) is 4.93. The second-order valence-corrected chi connectivity index (χ2v) is 16.7. The lowest BCUT2D eigenvalue weighted by Gasteiger charge is -2.24. The number of carbonyl (C=O) groups is 1. The number of cyclic esters (lactones) is 1. The van der Waals surface area contributed by atoms with Gasteiger partial charge < -0.3 is 14.0 Å². The third-order valence-electron chi connectivity index (χ3n) is 6.93. The first-order valence-corrected chi connectivity index (χ1v) is 16.5. The normalized spacial score (nSPS) is 23.7. The van der Waals surface area contributed by atoms with Crippen molar-refractivity contribution in [3.05, 3.63) is 30.4 Å². The number of nitrogens with zero attached hydrogens (tertiary/aromatic N) is 5. The maximum Gasteiger partial charge on any atom is 0.424 e. The fraction of sp³-hybridized carbons (Fsp3) is 0.609. The predicted octanol–water partition coefficient (Wildman–Crippen LogP) is 2.52. The van der Waals surface area contributed by atoms with Gasteiger partial charge in [0.15, 0.2) is 11.3 Å². The van der Waals surface area contributed by atoms with Crippen molar-refractivity contribution < 1.29 is 22.7 Å². The highest BCUT2D eigenvalue weighted by molar-refractivity contribution is 8.32. The van der Waals surface area contributed by atoms with Gasteiger partial charge in [-0.05, 0) is 43.6 Å². The van der Waals surface area contributed by atoms with Crippen molar-refractivity contribution in [2.75, 3.05) is 44.3 Å². The average Bonchev–Trinajstić information content (AvgIpc) is 3.56. The van der Waals surface area contributed by atoms with Gasteiger partial charge in [0, 0.05) is 35.8 Å². The lowest BCUT2D eigenvalue weighted by Crippen LogP contribution is -2.45. The monoisotopic (exact) mass is 538 g/mol. The van der Waals surface area contributed by atoms with Crippen LogP contribution in [0.1, 0.15) is 31.4 Å². The van der Waals surface area contributed by atoms with Gasteiger partial charge in [-0.25, -0.2) is 24.8 Å². The van der Waals surface area contributed by atoms with E-state index in [0.717, 1.165) is 32.6 Å². The summed E-state index contributed by atoms with van der Waals surface area (Å²) in [6.07, 6.45) is 12.9. The Labute approximate surface area is 212 Å². The number of ether oxygens (including phenoxy) is 2. The molecule has 0 bridgehead atoms. The zero-order valence-electron chi connectivity index (χ0n) is 21.1. The molecule has 3 aromatic heterocycles. The Morgan fingerprint density at radius 3 is 2.72 bits per heavy atom. The van der Waals surface area contributed by atoms with Gasteiger partial charge in [0.2, 0.25) is 0 Å². The first kappa shape index (κ1) is 25.3. The Bertz CT molecular complexity index is 1380. The van der Waals surface area contributed by atoms with E-state index in [0.29, 0.717) is 26.2 Å². The molecule has 3 atom stereocenters. The predicted molar refractivity (Wildman–Crippen MR) is 140 cm³/mol. The Kier molecular flexibility index (Phi) is 6.68. The van der Waals surface area contributed by atoms with Crippen molar-refractivity contribution in [1.29, 1.82) is 0 Å². The van der Waals surface area contributed by atoms with Crippen LogP contribution in [0.2, 0.25) is 0 Å². The van der Waals surface area contributed by atoms with Crippen LogP contribution in [0.4, 0.5) is 4.79 Å². The highest BCUT2D eigenvalue weighted by Crippen LogP contribution is 2.41. The standard InChI is InChI=1S/C23H34N6O5S2/c1-16-11-17(26-36(31,32)28-7-8-34-23(28)30)12-18(16)20-13-24-21-14-25-22-19(29(20)21)5-6-27(22)15-33-9-10-35(2,3)4/h5-6,13-14,16-18,26H,7-12,15H2,1-4H3/t16?,17-,18?/m0/s1. The van der Waals surface area contributed by atoms with Gasteiger partial charge in [0.25, 0.3) is 0 Å². The Balaban J connectivity index is 1.35. The molecular weight excluding hydrogens is 504 g/mol. The van der Waals surface area contributed by atoms with Crippen molar-refractivity contribution in [3.63, 3.8) is 0 Å². The van der Waals surface area contributed by atoms with Crippen LogP contribution in [0.25, 0.3) is 16.8 Å². The summed E-state index contributed by atoms with van der Waals surface area (Å²) in [6, 6.07) is 1.74. The molecule has 1 aliphatic carbocycles. The number of amides is 1. The molecule has 3 aromatic rings. The van der Waals surface area contributed by atoms with Gasteiger partial charge in [-0.15, -0.1) is 0 Å². The van der Waals surface area contributed by atoms with Crippen molar-refractivity contribution in [2.24, 2.45) is 5.92 Å². The van der Waals surface area contributed by atoms with Crippen LogP contribution >= 0.6 is 10.0 Å². The highest BCUT2D eigenvalue weighted by Gasteiger charge is 2.40. The van der Waals surface area contributed by atoms with Crippen molar-refractivity contribution >= 4 is 43.1 Å². The summed E-state index contributed by atoms with van der Waals surface area (Å²) in [4.78, 5) is 21.0. The van der Waals surface area contributed by atoms with E-state index >= 15 is 0 Å². The molecule has 0 spiro atoms. The molecule has 2 fully saturated rings. The summed E-state index contributed by atoms with van der Waals surface area (Å²) >= 11 is 0. The van der Waals surface area contributed by atoms with E-state index in [9.17, 15) is 13.2 Å². The molecule has 1 amide bonds. The number of fused-ring (bicyclic) bond motifs is 3. The molecule has 5 rings (SSSR count). The molecule has 13 heteroatoms. The summed E-state index contributed by atoms with van der Waals surface area (Å²) in [6.45, 7) is 3.39. The van der Waals surface area contributed by atoms with E-state index in [1.807, 2.05) is 23.0 Å². The number of hydrogen-bond donors (Lipinski definition) is 1. The second kappa shape index (κ2) is 9.51. The number of carbonyl (C=O) groups excluding carboxylic acids is 1. The van der Waals surface area contributed by atoms with E-state index in [2.05, 4.69) is 44.8 Å². The van der Waals surface area contributed by atoms with E-state index in [4.69, 9.17) is 9.47 Å². The van der Waals surface area contributed by atoms with Crippen LogP contribution in [0, 0.1) is 5.92 Å². The summed E-state index contributed by atoms with van der Waals surface area (Å²) < 4.78 is 43.8. The van der Waals surface area contributed by atoms with E-state index in [1.54, 1.807) is 6.20 Å². The van der Waals surface area contributed by atoms with E-state index in [1.165, 1.54) is 0 Å². The van der Waals surface area contributed by atoms with Crippen LogP contribution in [0.5, 0.6) is 0 Å². The molecule has 2 aliphatic rings. The Hall–Kier alpha value is -2.35. The van der Waals surface area contributed by atoms with Crippen molar-refractivity contribution in [3.8, 4) is 0 Å².